The Labute approximate surface area is 127 Å². The lowest BCUT2D eigenvalue weighted by atomic mass is 9.97. The van der Waals surface area contributed by atoms with Crippen LogP contribution >= 0.6 is 0 Å². The fourth-order valence-corrected chi connectivity index (χ4v) is 1.93. The summed E-state index contributed by atoms with van der Waals surface area (Å²) < 4.78 is 0. The SMILES string of the molecule is CC[C@H](C)[C@H](NC(=O)c1ccccc1)C(=O)NCC(C)C. The summed E-state index contributed by atoms with van der Waals surface area (Å²) >= 11 is 0. The maximum absolute atomic E-state index is 12.3. The van der Waals surface area contributed by atoms with Crippen LogP contribution in [0.4, 0.5) is 0 Å². The zero-order valence-electron chi connectivity index (χ0n) is 13.3. The first kappa shape index (κ1) is 17.2. The topological polar surface area (TPSA) is 58.2 Å². The first-order valence-electron chi connectivity index (χ1n) is 7.59. The van der Waals surface area contributed by atoms with E-state index in [1.54, 1.807) is 12.1 Å². The number of nitrogens with one attached hydrogen (secondary N) is 2. The second-order valence-electron chi connectivity index (χ2n) is 5.84. The van der Waals surface area contributed by atoms with Gasteiger partial charge in [0.1, 0.15) is 6.04 Å². The molecule has 0 fully saturated rings. The predicted molar refractivity (Wildman–Crippen MR) is 85.0 cm³/mol. The first-order chi connectivity index (χ1) is 9.95. The molecule has 0 bridgehead atoms. The van der Waals surface area contributed by atoms with Gasteiger partial charge in [-0.3, -0.25) is 9.59 Å². The van der Waals surface area contributed by atoms with Crippen molar-refractivity contribution in [3.05, 3.63) is 35.9 Å². The molecule has 4 heteroatoms. The van der Waals surface area contributed by atoms with Crippen molar-refractivity contribution >= 4 is 11.8 Å². The Bertz CT molecular complexity index is 457. The van der Waals surface area contributed by atoms with E-state index < -0.39 is 6.04 Å². The van der Waals surface area contributed by atoms with E-state index in [9.17, 15) is 9.59 Å². The molecule has 0 saturated heterocycles. The van der Waals surface area contributed by atoms with Gasteiger partial charge in [0.25, 0.3) is 5.91 Å². The van der Waals surface area contributed by atoms with E-state index in [1.165, 1.54) is 0 Å². The highest BCUT2D eigenvalue weighted by Crippen LogP contribution is 2.10. The van der Waals surface area contributed by atoms with E-state index in [0.717, 1.165) is 6.42 Å². The summed E-state index contributed by atoms with van der Waals surface area (Å²) in [7, 11) is 0. The van der Waals surface area contributed by atoms with Crippen LogP contribution in [0.1, 0.15) is 44.5 Å². The van der Waals surface area contributed by atoms with Gasteiger partial charge in [-0.25, -0.2) is 0 Å². The number of rotatable bonds is 7. The van der Waals surface area contributed by atoms with E-state index in [2.05, 4.69) is 10.6 Å². The third-order valence-corrected chi connectivity index (χ3v) is 3.50. The minimum atomic E-state index is -0.499. The van der Waals surface area contributed by atoms with E-state index >= 15 is 0 Å². The molecule has 2 N–H and O–H groups in total. The lowest BCUT2D eigenvalue weighted by Crippen LogP contribution is -2.50. The van der Waals surface area contributed by atoms with E-state index in [1.807, 2.05) is 45.9 Å². The van der Waals surface area contributed by atoms with Crippen LogP contribution in [0.15, 0.2) is 30.3 Å². The lowest BCUT2D eigenvalue weighted by molar-refractivity contribution is -0.124. The number of hydrogen-bond acceptors (Lipinski definition) is 2. The molecule has 0 aliphatic carbocycles. The Morgan fingerprint density at radius 3 is 2.24 bits per heavy atom. The summed E-state index contributed by atoms with van der Waals surface area (Å²) in [6.07, 6.45) is 0.828. The standard InChI is InChI=1S/C17H26N2O2/c1-5-13(4)15(17(21)18-11-12(2)3)19-16(20)14-9-7-6-8-10-14/h6-10,12-13,15H,5,11H2,1-4H3,(H,18,21)(H,19,20)/t13-,15-/m0/s1. The van der Waals surface area contributed by atoms with Crippen molar-refractivity contribution in [1.82, 2.24) is 10.6 Å². The van der Waals surface area contributed by atoms with Gasteiger partial charge in [0.05, 0.1) is 0 Å². The van der Waals surface area contributed by atoms with Crippen molar-refractivity contribution in [3.63, 3.8) is 0 Å². The van der Waals surface area contributed by atoms with Crippen LogP contribution < -0.4 is 10.6 Å². The molecule has 0 unspecified atom stereocenters. The highest BCUT2D eigenvalue weighted by Gasteiger charge is 2.26. The van der Waals surface area contributed by atoms with Crippen LogP contribution in [0.2, 0.25) is 0 Å². The number of hydrogen-bond donors (Lipinski definition) is 2. The average Bonchev–Trinajstić information content (AvgIpc) is 2.50. The van der Waals surface area contributed by atoms with Gasteiger partial charge >= 0.3 is 0 Å². The van der Waals surface area contributed by atoms with Crippen LogP contribution in [0.3, 0.4) is 0 Å². The summed E-state index contributed by atoms with van der Waals surface area (Å²) in [5, 5.41) is 5.76. The molecule has 4 nitrogen and oxygen atoms in total. The summed E-state index contributed by atoms with van der Waals surface area (Å²) in [6, 6.07) is 8.47. The molecule has 0 aliphatic heterocycles. The summed E-state index contributed by atoms with van der Waals surface area (Å²) in [5.41, 5.74) is 0.572. The zero-order chi connectivity index (χ0) is 15.8. The maximum atomic E-state index is 12.3. The number of amides is 2. The van der Waals surface area contributed by atoms with Gasteiger partial charge in [-0.2, -0.15) is 0 Å². The van der Waals surface area contributed by atoms with Gasteiger partial charge in [0.15, 0.2) is 0 Å². The monoisotopic (exact) mass is 290 g/mol. The van der Waals surface area contributed by atoms with Gasteiger partial charge < -0.3 is 10.6 Å². The highest BCUT2D eigenvalue weighted by molar-refractivity contribution is 5.97. The number of benzene rings is 1. The Hall–Kier alpha value is -1.84. The third-order valence-electron chi connectivity index (χ3n) is 3.50. The zero-order valence-corrected chi connectivity index (χ0v) is 13.3. The van der Waals surface area contributed by atoms with Gasteiger partial charge in [0.2, 0.25) is 5.91 Å². The third kappa shape index (κ3) is 5.58. The molecular weight excluding hydrogens is 264 g/mol. The Morgan fingerprint density at radius 1 is 1.10 bits per heavy atom. The first-order valence-corrected chi connectivity index (χ1v) is 7.59. The van der Waals surface area contributed by atoms with Gasteiger partial charge in [-0.1, -0.05) is 52.3 Å². The Balaban J connectivity index is 2.74. The fourth-order valence-electron chi connectivity index (χ4n) is 1.93. The van der Waals surface area contributed by atoms with Crippen LogP contribution in [0, 0.1) is 11.8 Å². The summed E-state index contributed by atoms with van der Waals surface area (Å²) in [5.74, 6) is 0.157. The molecule has 0 aliphatic rings. The van der Waals surface area contributed by atoms with Crippen LogP contribution in [-0.2, 0) is 4.79 Å². The minimum absolute atomic E-state index is 0.0878. The van der Waals surface area contributed by atoms with Crippen LogP contribution in [0.25, 0.3) is 0 Å². The molecule has 0 aromatic heterocycles. The van der Waals surface area contributed by atoms with E-state index in [4.69, 9.17) is 0 Å². The molecule has 1 aromatic rings. The predicted octanol–water partition coefficient (Wildman–Crippen LogP) is 2.60. The Morgan fingerprint density at radius 2 is 1.71 bits per heavy atom. The maximum Gasteiger partial charge on any atom is 0.251 e. The van der Waals surface area contributed by atoms with Gasteiger partial charge in [-0.05, 0) is 24.0 Å². The quantitative estimate of drug-likeness (QED) is 0.811. The van der Waals surface area contributed by atoms with Crippen molar-refractivity contribution in [2.45, 2.75) is 40.2 Å². The second-order valence-corrected chi connectivity index (χ2v) is 5.84. The minimum Gasteiger partial charge on any atom is -0.354 e. The van der Waals surface area contributed by atoms with Gasteiger partial charge in [0, 0.05) is 12.1 Å². The molecule has 1 rings (SSSR count). The second kappa shape index (κ2) is 8.45. The van der Waals surface area contributed by atoms with E-state index in [0.29, 0.717) is 18.0 Å². The molecule has 0 spiro atoms. The molecule has 1 aromatic carbocycles. The van der Waals surface area contributed by atoms with Crippen molar-refractivity contribution in [2.75, 3.05) is 6.54 Å². The molecule has 0 radical (unpaired) electrons. The average molecular weight is 290 g/mol. The highest BCUT2D eigenvalue weighted by atomic mass is 16.2. The van der Waals surface area contributed by atoms with E-state index in [-0.39, 0.29) is 17.7 Å². The largest absolute Gasteiger partial charge is 0.354 e. The van der Waals surface area contributed by atoms with Crippen molar-refractivity contribution in [2.24, 2.45) is 11.8 Å². The normalized spacial score (nSPS) is 13.6. The molecule has 0 heterocycles. The molecular formula is C17H26N2O2. The molecule has 0 saturated carbocycles. The number of carbonyl (C=O) groups is 2. The van der Waals surface area contributed by atoms with Crippen molar-refractivity contribution in [1.29, 1.82) is 0 Å². The molecule has 116 valence electrons. The van der Waals surface area contributed by atoms with Crippen molar-refractivity contribution < 1.29 is 9.59 Å². The molecule has 21 heavy (non-hydrogen) atoms. The smallest absolute Gasteiger partial charge is 0.251 e. The molecule has 2 amide bonds. The molecule has 2 atom stereocenters. The van der Waals surface area contributed by atoms with Crippen molar-refractivity contribution in [3.8, 4) is 0 Å². The van der Waals surface area contributed by atoms with Crippen LogP contribution in [-0.4, -0.2) is 24.4 Å². The van der Waals surface area contributed by atoms with Gasteiger partial charge in [-0.15, -0.1) is 0 Å². The lowest BCUT2D eigenvalue weighted by Gasteiger charge is -2.24. The van der Waals surface area contributed by atoms with Crippen LogP contribution in [0.5, 0.6) is 0 Å². The fraction of sp³-hybridized carbons (Fsp3) is 0.529. The number of carbonyl (C=O) groups excluding carboxylic acids is 2. The summed E-state index contributed by atoms with van der Waals surface area (Å²) in [6.45, 7) is 8.70. The summed E-state index contributed by atoms with van der Waals surface area (Å²) in [4.78, 5) is 24.5. The Kier molecular flexibility index (Phi) is 6.92.